The van der Waals surface area contributed by atoms with Crippen LogP contribution in [0.1, 0.15) is 23.2 Å². The monoisotopic (exact) mass is 490 g/mol. The molecular weight excluding hydrogens is 468 g/mol. The number of carbonyl (C=O) groups is 2. The van der Waals surface area contributed by atoms with Gasteiger partial charge in [-0.2, -0.15) is 13.2 Å². The molecule has 5 nitrogen and oxygen atoms in total. The van der Waals surface area contributed by atoms with E-state index in [9.17, 15) is 22.8 Å². The SMILES string of the molecule is Cl.O=C(Nc1ccc(Cl)cc1)OC(CN1CCC[C@H](C(=O)c2ccccc2)C1)C(F)(F)F. The molecule has 0 bridgehead atoms. The van der Waals surface area contributed by atoms with Crippen LogP contribution in [0.15, 0.2) is 54.6 Å². The van der Waals surface area contributed by atoms with Crippen molar-refractivity contribution in [2.24, 2.45) is 5.92 Å². The molecule has 10 heteroatoms. The first-order valence-electron chi connectivity index (χ1n) is 9.84. The fourth-order valence-electron chi connectivity index (χ4n) is 3.53. The van der Waals surface area contributed by atoms with Crippen LogP contribution in [0.5, 0.6) is 0 Å². The number of nitrogens with one attached hydrogen (secondary N) is 1. The van der Waals surface area contributed by atoms with E-state index in [0.717, 1.165) is 0 Å². The molecule has 0 aromatic heterocycles. The third-order valence-corrected chi connectivity index (χ3v) is 5.32. The quantitative estimate of drug-likeness (QED) is 0.517. The number of carbonyl (C=O) groups excluding carboxylic acids is 2. The molecule has 1 fully saturated rings. The lowest BCUT2D eigenvalue weighted by molar-refractivity contribution is -0.207. The minimum absolute atomic E-state index is 0. The van der Waals surface area contributed by atoms with Crippen LogP contribution in [0, 0.1) is 5.92 Å². The highest BCUT2D eigenvalue weighted by molar-refractivity contribution is 6.30. The van der Waals surface area contributed by atoms with Crippen molar-refractivity contribution in [2.75, 3.05) is 25.0 Å². The van der Waals surface area contributed by atoms with Crippen molar-refractivity contribution in [3.05, 3.63) is 65.2 Å². The molecular formula is C22H23Cl2F3N2O3. The van der Waals surface area contributed by atoms with Crippen LogP contribution in [0.4, 0.5) is 23.7 Å². The van der Waals surface area contributed by atoms with Crippen LogP contribution in [-0.2, 0) is 4.74 Å². The summed E-state index contributed by atoms with van der Waals surface area (Å²) in [5.41, 5.74) is 0.808. The van der Waals surface area contributed by atoms with Crippen molar-refractivity contribution in [3.63, 3.8) is 0 Å². The number of amides is 1. The fraction of sp³-hybridized carbons (Fsp3) is 0.364. The van der Waals surface area contributed by atoms with Gasteiger partial charge in [0.1, 0.15) is 0 Å². The number of hydrogen-bond acceptors (Lipinski definition) is 4. The summed E-state index contributed by atoms with van der Waals surface area (Å²) in [6.45, 7) is 0.0475. The third kappa shape index (κ3) is 7.39. The summed E-state index contributed by atoms with van der Waals surface area (Å²) in [6, 6.07) is 14.6. The third-order valence-electron chi connectivity index (χ3n) is 5.06. The van der Waals surface area contributed by atoms with Gasteiger partial charge in [0.25, 0.3) is 0 Å². The standard InChI is InChI=1S/C22H22ClF3N2O3.ClH/c23-17-8-10-18(11-9-17)27-21(30)31-19(22(24,25)26)14-28-12-4-7-16(13-28)20(29)15-5-2-1-3-6-15;/h1-3,5-6,8-11,16,19H,4,7,12-14H2,(H,27,30);1H/t16-,19?;/m0./s1. The molecule has 1 aliphatic heterocycles. The molecule has 1 amide bonds. The van der Waals surface area contributed by atoms with Gasteiger partial charge in [-0.15, -0.1) is 12.4 Å². The van der Waals surface area contributed by atoms with Crippen LogP contribution < -0.4 is 5.32 Å². The van der Waals surface area contributed by atoms with Gasteiger partial charge in [0, 0.05) is 35.3 Å². The summed E-state index contributed by atoms with van der Waals surface area (Å²) < 4.78 is 45.3. The van der Waals surface area contributed by atoms with Crippen molar-refractivity contribution in [2.45, 2.75) is 25.1 Å². The van der Waals surface area contributed by atoms with E-state index in [1.54, 1.807) is 30.3 Å². The number of rotatable bonds is 6. The molecule has 2 atom stereocenters. The molecule has 1 saturated heterocycles. The van der Waals surface area contributed by atoms with Gasteiger partial charge in [0.2, 0.25) is 6.10 Å². The number of ketones is 1. The van der Waals surface area contributed by atoms with E-state index >= 15 is 0 Å². The number of likely N-dealkylation sites (tertiary alicyclic amines) is 1. The molecule has 0 radical (unpaired) electrons. The molecule has 0 aliphatic carbocycles. The highest BCUT2D eigenvalue weighted by Gasteiger charge is 2.44. The van der Waals surface area contributed by atoms with Gasteiger partial charge >= 0.3 is 12.3 Å². The number of Topliss-reactive ketones (excluding diaryl/α,β-unsaturated/α-hetero) is 1. The molecule has 0 saturated carbocycles. The molecule has 1 aliphatic rings. The fourth-order valence-corrected chi connectivity index (χ4v) is 3.65. The molecule has 2 aromatic carbocycles. The van der Waals surface area contributed by atoms with Crippen molar-refractivity contribution in [1.82, 2.24) is 4.90 Å². The molecule has 3 rings (SSSR count). The highest BCUT2D eigenvalue weighted by atomic mass is 35.5. The Labute approximate surface area is 195 Å². The number of nitrogens with zero attached hydrogens (tertiary/aromatic N) is 1. The van der Waals surface area contributed by atoms with Gasteiger partial charge in [-0.3, -0.25) is 15.0 Å². The van der Waals surface area contributed by atoms with E-state index in [1.165, 1.54) is 29.2 Å². The minimum atomic E-state index is -4.74. The number of anilines is 1. The van der Waals surface area contributed by atoms with Crippen LogP contribution in [0.25, 0.3) is 0 Å². The number of piperidine rings is 1. The molecule has 2 aromatic rings. The normalized spacial score (nSPS) is 17.7. The van der Waals surface area contributed by atoms with Crippen LogP contribution in [-0.4, -0.2) is 48.7 Å². The molecule has 32 heavy (non-hydrogen) atoms. The van der Waals surface area contributed by atoms with Crippen molar-refractivity contribution in [3.8, 4) is 0 Å². The van der Waals surface area contributed by atoms with Crippen LogP contribution in [0.2, 0.25) is 5.02 Å². The lowest BCUT2D eigenvalue weighted by Gasteiger charge is -2.34. The zero-order chi connectivity index (χ0) is 22.4. The van der Waals surface area contributed by atoms with Gasteiger partial charge in [-0.05, 0) is 43.7 Å². The Morgan fingerprint density at radius 2 is 1.78 bits per heavy atom. The number of alkyl halides is 3. The van der Waals surface area contributed by atoms with E-state index in [-0.39, 0.29) is 30.4 Å². The predicted octanol–water partition coefficient (Wildman–Crippen LogP) is 5.84. The first-order chi connectivity index (χ1) is 14.7. The van der Waals surface area contributed by atoms with Crippen molar-refractivity contribution in [1.29, 1.82) is 0 Å². The summed E-state index contributed by atoms with van der Waals surface area (Å²) in [6.07, 6.45) is -7.07. The summed E-state index contributed by atoms with van der Waals surface area (Å²) in [4.78, 5) is 26.2. The lowest BCUT2D eigenvalue weighted by atomic mass is 9.90. The minimum Gasteiger partial charge on any atom is -0.435 e. The first-order valence-corrected chi connectivity index (χ1v) is 10.2. The smallest absolute Gasteiger partial charge is 0.426 e. The summed E-state index contributed by atoms with van der Waals surface area (Å²) in [5.74, 6) is -0.483. The zero-order valence-corrected chi connectivity index (χ0v) is 18.6. The lowest BCUT2D eigenvalue weighted by Crippen LogP contribution is -2.48. The van der Waals surface area contributed by atoms with Crippen LogP contribution in [0.3, 0.4) is 0 Å². The van der Waals surface area contributed by atoms with Gasteiger partial charge in [-0.25, -0.2) is 4.79 Å². The van der Waals surface area contributed by atoms with E-state index in [4.69, 9.17) is 16.3 Å². The molecule has 1 unspecified atom stereocenters. The van der Waals surface area contributed by atoms with E-state index in [1.807, 2.05) is 0 Å². The van der Waals surface area contributed by atoms with Crippen molar-refractivity contribution >= 4 is 41.6 Å². The second-order valence-corrected chi connectivity index (χ2v) is 7.83. The summed E-state index contributed by atoms with van der Waals surface area (Å²) in [7, 11) is 0. The predicted molar refractivity (Wildman–Crippen MR) is 119 cm³/mol. The number of benzene rings is 2. The Bertz CT molecular complexity index is 896. The Balaban J connectivity index is 0.00000363. The van der Waals surface area contributed by atoms with Gasteiger partial charge < -0.3 is 4.74 Å². The largest absolute Gasteiger partial charge is 0.435 e. The molecule has 174 valence electrons. The molecule has 1 heterocycles. The van der Waals surface area contributed by atoms with E-state index in [2.05, 4.69) is 5.32 Å². The molecule has 0 spiro atoms. The Hall–Kier alpha value is -2.29. The van der Waals surface area contributed by atoms with Gasteiger partial charge in [0.15, 0.2) is 5.78 Å². The first kappa shape index (κ1) is 26.0. The average molecular weight is 491 g/mol. The average Bonchev–Trinajstić information content (AvgIpc) is 2.74. The summed E-state index contributed by atoms with van der Waals surface area (Å²) in [5, 5.41) is 2.69. The maximum absolute atomic E-state index is 13.5. The number of hydrogen-bond donors (Lipinski definition) is 1. The maximum Gasteiger partial charge on any atom is 0.426 e. The second-order valence-electron chi connectivity index (χ2n) is 7.40. The number of ether oxygens (including phenoxy) is 1. The highest BCUT2D eigenvalue weighted by Crippen LogP contribution is 2.27. The van der Waals surface area contributed by atoms with E-state index < -0.39 is 30.8 Å². The molecule has 1 N–H and O–H groups in total. The van der Waals surface area contributed by atoms with Gasteiger partial charge in [0.05, 0.1) is 0 Å². The van der Waals surface area contributed by atoms with Crippen LogP contribution >= 0.6 is 24.0 Å². The maximum atomic E-state index is 13.5. The Kier molecular flexibility index (Phi) is 9.36. The second kappa shape index (κ2) is 11.5. The van der Waals surface area contributed by atoms with Crippen molar-refractivity contribution < 1.29 is 27.5 Å². The Morgan fingerprint density at radius 1 is 1.12 bits per heavy atom. The summed E-state index contributed by atoms with van der Waals surface area (Å²) >= 11 is 5.75. The van der Waals surface area contributed by atoms with E-state index in [0.29, 0.717) is 30.0 Å². The zero-order valence-electron chi connectivity index (χ0n) is 17.0. The number of halogens is 5. The topological polar surface area (TPSA) is 58.6 Å². The van der Waals surface area contributed by atoms with Gasteiger partial charge in [-0.1, -0.05) is 41.9 Å². The Morgan fingerprint density at radius 3 is 2.41 bits per heavy atom.